The second-order valence-electron chi connectivity index (χ2n) is 4.69. The average molecular weight is 347 g/mol. The van der Waals surface area contributed by atoms with E-state index in [9.17, 15) is 18.4 Å². The molecule has 2 rings (SSSR count). The van der Waals surface area contributed by atoms with Gasteiger partial charge in [0.25, 0.3) is 0 Å². The molecule has 0 bridgehead atoms. The number of hydrogen-bond donors (Lipinski definition) is 1. The Kier molecular flexibility index (Phi) is 4.08. The lowest BCUT2D eigenvalue weighted by Gasteiger charge is -2.36. The van der Waals surface area contributed by atoms with Gasteiger partial charge < -0.3 is 10.2 Å². The Hall–Kier alpha value is -1.50. The summed E-state index contributed by atoms with van der Waals surface area (Å²) in [5.74, 6) is -2.21. The molecule has 1 aromatic carbocycles. The van der Waals surface area contributed by atoms with Crippen molar-refractivity contribution < 1.29 is 18.4 Å². The maximum atomic E-state index is 13.9. The molecule has 1 fully saturated rings. The molecule has 20 heavy (non-hydrogen) atoms. The predicted octanol–water partition coefficient (Wildman–Crippen LogP) is 1.96. The van der Waals surface area contributed by atoms with E-state index in [0.717, 1.165) is 6.07 Å². The zero-order valence-electron chi connectivity index (χ0n) is 10.9. The first-order valence-corrected chi connectivity index (χ1v) is 6.85. The number of nitrogens with zero attached hydrogens (tertiary/aromatic N) is 1. The molecule has 4 nitrogen and oxygen atoms in total. The number of amides is 2. The molecule has 0 aliphatic carbocycles. The van der Waals surface area contributed by atoms with Crippen molar-refractivity contribution in [2.24, 2.45) is 0 Å². The zero-order valence-corrected chi connectivity index (χ0v) is 12.5. The third-order valence-electron chi connectivity index (χ3n) is 3.33. The van der Waals surface area contributed by atoms with E-state index in [1.807, 2.05) is 0 Å². The van der Waals surface area contributed by atoms with Crippen molar-refractivity contribution in [3.63, 3.8) is 0 Å². The van der Waals surface area contributed by atoms with Crippen molar-refractivity contribution >= 4 is 27.7 Å². The topological polar surface area (TPSA) is 49.4 Å². The van der Waals surface area contributed by atoms with E-state index in [1.165, 1.54) is 24.8 Å². The van der Waals surface area contributed by atoms with Gasteiger partial charge in [0, 0.05) is 5.56 Å². The second-order valence-corrected chi connectivity index (χ2v) is 5.55. The predicted molar refractivity (Wildman–Crippen MR) is 71.7 cm³/mol. The lowest BCUT2D eigenvalue weighted by atomic mass is 10.1. The number of rotatable bonds is 2. The van der Waals surface area contributed by atoms with Gasteiger partial charge in [0.2, 0.25) is 11.8 Å². The molecule has 1 saturated heterocycles. The number of nitrogens with one attached hydrogen (secondary N) is 1. The number of hydrogen-bond acceptors (Lipinski definition) is 2. The third-order valence-corrected chi connectivity index (χ3v) is 3.94. The molecule has 0 spiro atoms. The minimum absolute atomic E-state index is 0.114. The van der Waals surface area contributed by atoms with Gasteiger partial charge in [0.05, 0.1) is 11.0 Å². The Morgan fingerprint density at radius 2 is 1.95 bits per heavy atom. The molecule has 0 saturated carbocycles. The second kappa shape index (κ2) is 5.47. The molecule has 2 amide bonds. The van der Waals surface area contributed by atoms with Crippen LogP contribution in [-0.2, 0) is 16.1 Å². The zero-order chi connectivity index (χ0) is 15.0. The van der Waals surface area contributed by atoms with Crippen molar-refractivity contribution in [2.75, 3.05) is 0 Å². The maximum Gasteiger partial charge on any atom is 0.245 e. The van der Waals surface area contributed by atoms with Crippen LogP contribution >= 0.6 is 15.9 Å². The summed E-state index contributed by atoms with van der Waals surface area (Å²) >= 11 is 2.97. The SMILES string of the molecule is CC1NC(=O)C(C)N(Cc2c(F)ccc(Br)c2F)C1=O. The summed E-state index contributed by atoms with van der Waals surface area (Å²) in [4.78, 5) is 24.9. The summed E-state index contributed by atoms with van der Waals surface area (Å²) in [6.45, 7) is 2.77. The molecule has 0 aromatic heterocycles. The molecule has 2 unspecified atom stereocenters. The third kappa shape index (κ3) is 2.54. The van der Waals surface area contributed by atoms with E-state index < -0.39 is 23.7 Å². The summed E-state index contributed by atoms with van der Waals surface area (Å²) in [5, 5.41) is 2.51. The van der Waals surface area contributed by atoms with Gasteiger partial charge in [-0.25, -0.2) is 8.78 Å². The Morgan fingerprint density at radius 1 is 1.30 bits per heavy atom. The highest BCUT2D eigenvalue weighted by atomic mass is 79.9. The van der Waals surface area contributed by atoms with E-state index in [4.69, 9.17) is 0 Å². The Bertz CT molecular complexity index is 580. The van der Waals surface area contributed by atoms with Crippen molar-refractivity contribution in [2.45, 2.75) is 32.5 Å². The van der Waals surface area contributed by atoms with Crippen LogP contribution in [0.15, 0.2) is 16.6 Å². The molecule has 1 N–H and O–H groups in total. The summed E-state index contributed by atoms with van der Waals surface area (Å²) in [7, 11) is 0. The van der Waals surface area contributed by atoms with Crippen LogP contribution in [0.4, 0.5) is 8.78 Å². The smallest absolute Gasteiger partial charge is 0.245 e. The van der Waals surface area contributed by atoms with Gasteiger partial charge >= 0.3 is 0 Å². The van der Waals surface area contributed by atoms with Crippen LogP contribution in [0.2, 0.25) is 0 Å². The van der Waals surface area contributed by atoms with Crippen molar-refractivity contribution in [1.82, 2.24) is 10.2 Å². The van der Waals surface area contributed by atoms with Gasteiger partial charge in [-0.05, 0) is 41.9 Å². The minimum Gasteiger partial charge on any atom is -0.343 e. The molecule has 1 aliphatic heterocycles. The molecule has 2 atom stereocenters. The lowest BCUT2D eigenvalue weighted by Crippen LogP contribution is -2.61. The van der Waals surface area contributed by atoms with Gasteiger partial charge in [-0.2, -0.15) is 0 Å². The summed E-state index contributed by atoms with van der Waals surface area (Å²) < 4.78 is 27.8. The first-order valence-electron chi connectivity index (χ1n) is 6.06. The van der Waals surface area contributed by atoms with E-state index in [1.54, 1.807) is 0 Å². The molecule has 7 heteroatoms. The van der Waals surface area contributed by atoms with Crippen LogP contribution in [0.25, 0.3) is 0 Å². The van der Waals surface area contributed by atoms with Gasteiger partial charge in [0.15, 0.2) is 0 Å². The van der Waals surface area contributed by atoms with Crippen LogP contribution in [0.3, 0.4) is 0 Å². The standard InChI is InChI=1S/C13H13BrF2N2O2/c1-6-13(20)18(7(2)12(19)17-6)5-8-10(15)4-3-9(14)11(8)16/h3-4,6-7H,5H2,1-2H3,(H,17,19). The van der Waals surface area contributed by atoms with E-state index in [2.05, 4.69) is 21.2 Å². The molecule has 1 aromatic rings. The molecule has 0 radical (unpaired) electrons. The Balaban J connectivity index is 2.35. The fraction of sp³-hybridized carbons (Fsp3) is 0.385. The minimum atomic E-state index is -0.767. The Morgan fingerprint density at radius 3 is 2.60 bits per heavy atom. The monoisotopic (exact) mass is 346 g/mol. The lowest BCUT2D eigenvalue weighted by molar-refractivity contribution is -0.148. The average Bonchev–Trinajstić information content (AvgIpc) is 2.40. The maximum absolute atomic E-state index is 13.9. The highest BCUT2D eigenvalue weighted by Gasteiger charge is 2.36. The number of piperazine rings is 1. The molecule has 1 aliphatic rings. The van der Waals surface area contributed by atoms with E-state index in [-0.39, 0.29) is 28.4 Å². The number of carbonyl (C=O) groups excluding carboxylic acids is 2. The largest absolute Gasteiger partial charge is 0.343 e. The first kappa shape index (κ1) is 14.9. The first-order chi connectivity index (χ1) is 9.32. The number of carbonyl (C=O) groups is 2. The Labute approximate surface area is 123 Å². The van der Waals surface area contributed by atoms with Crippen LogP contribution < -0.4 is 5.32 Å². The van der Waals surface area contributed by atoms with Gasteiger partial charge in [-0.3, -0.25) is 9.59 Å². The van der Waals surface area contributed by atoms with Crippen LogP contribution in [-0.4, -0.2) is 28.8 Å². The van der Waals surface area contributed by atoms with Crippen LogP contribution in [0.5, 0.6) is 0 Å². The quantitative estimate of drug-likeness (QED) is 0.832. The molecular formula is C13H13BrF2N2O2. The van der Waals surface area contributed by atoms with E-state index >= 15 is 0 Å². The van der Waals surface area contributed by atoms with Crippen LogP contribution in [0.1, 0.15) is 19.4 Å². The van der Waals surface area contributed by atoms with Gasteiger partial charge in [-0.15, -0.1) is 0 Å². The van der Waals surface area contributed by atoms with Gasteiger partial charge in [-0.1, -0.05) is 0 Å². The number of halogens is 3. The molecule has 1 heterocycles. The molecule has 108 valence electrons. The van der Waals surface area contributed by atoms with Crippen molar-refractivity contribution in [1.29, 1.82) is 0 Å². The number of benzene rings is 1. The highest BCUT2D eigenvalue weighted by Crippen LogP contribution is 2.24. The van der Waals surface area contributed by atoms with Crippen molar-refractivity contribution in [3.05, 3.63) is 33.8 Å². The molecular weight excluding hydrogens is 334 g/mol. The fourth-order valence-corrected chi connectivity index (χ4v) is 2.45. The fourth-order valence-electron chi connectivity index (χ4n) is 2.08. The van der Waals surface area contributed by atoms with Crippen molar-refractivity contribution in [3.8, 4) is 0 Å². The van der Waals surface area contributed by atoms with E-state index in [0.29, 0.717) is 0 Å². The normalized spacial score (nSPS) is 22.9. The van der Waals surface area contributed by atoms with Crippen LogP contribution in [0, 0.1) is 11.6 Å². The highest BCUT2D eigenvalue weighted by molar-refractivity contribution is 9.10. The summed E-state index contributed by atoms with van der Waals surface area (Å²) in [6, 6.07) is 0.907. The summed E-state index contributed by atoms with van der Waals surface area (Å²) in [6.07, 6.45) is 0. The van der Waals surface area contributed by atoms with Gasteiger partial charge in [0.1, 0.15) is 23.7 Å². The summed E-state index contributed by atoms with van der Waals surface area (Å²) in [5.41, 5.74) is -0.235.